The third-order valence-electron chi connectivity index (χ3n) is 6.66. The van der Waals surface area contributed by atoms with Crippen molar-refractivity contribution in [2.24, 2.45) is 0 Å². The summed E-state index contributed by atoms with van der Waals surface area (Å²) in [6.07, 6.45) is 0.910. The van der Waals surface area contributed by atoms with Gasteiger partial charge in [0, 0.05) is 30.2 Å². The zero-order chi connectivity index (χ0) is 25.9. The minimum Gasteiger partial charge on any atom is -0.337 e. The van der Waals surface area contributed by atoms with Gasteiger partial charge < -0.3 is 15.5 Å². The second-order valence-corrected chi connectivity index (χ2v) is 9.95. The normalized spacial score (nSPS) is 17.9. The van der Waals surface area contributed by atoms with Crippen LogP contribution in [0.2, 0.25) is 10.0 Å². The first-order chi connectivity index (χ1) is 17.9. The number of amides is 3. The molecule has 37 heavy (non-hydrogen) atoms. The molecular formula is C28H26Cl2N4O3. The summed E-state index contributed by atoms with van der Waals surface area (Å²) >= 11 is 12.5. The minimum atomic E-state index is -0.583. The molecule has 0 radical (unpaired) electrons. The van der Waals surface area contributed by atoms with Gasteiger partial charge in [-0.2, -0.15) is 0 Å². The number of benzene rings is 3. The lowest BCUT2D eigenvalue weighted by Crippen LogP contribution is -2.36. The standard InChI is InChI=1S/C28H26Cl2N4O3/c29-20-8-9-21(22(30)16-20)28(37)34-24-10-7-19(27(36)33-13-4-11-31-12-14-33)15-23(24)32-26(35)17-25(34)18-5-2-1-3-6-18/h1-3,5-10,15-16,25,31H,4,11-14,17H2,(H,32,35). The van der Waals surface area contributed by atoms with Crippen LogP contribution in [0.4, 0.5) is 11.4 Å². The molecule has 5 rings (SSSR count). The topological polar surface area (TPSA) is 81.8 Å². The van der Waals surface area contributed by atoms with E-state index in [0.29, 0.717) is 35.1 Å². The van der Waals surface area contributed by atoms with Crippen molar-refractivity contribution in [2.75, 3.05) is 36.4 Å². The summed E-state index contributed by atoms with van der Waals surface area (Å²) in [4.78, 5) is 43.8. The van der Waals surface area contributed by atoms with E-state index in [1.54, 1.807) is 35.2 Å². The van der Waals surface area contributed by atoms with Crippen LogP contribution in [0.5, 0.6) is 0 Å². The predicted octanol–water partition coefficient (Wildman–Crippen LogP) is 5.16. The lowest BCUT2D eigenvalue weighted by molar-refractivity contribution is -0.116. The lowest BCUT2D eigenvalue weighted by atomic mass is 9.99. The van der Waals surface area contributed by atoms with Crippen molar-refractivity contribution < 1.29 is 14.4 Å². The highest BCUT2D eigenvalue weighted by atomic mass is 35.5. The Hall–Kier alpha value is -3.39. The van der Waals surface area contributed by atoms with Crippen LogP contribution in [0.1, 0.15) is 45.2 Å². The molecule has 0 spiro atoms. The van der Waals surface area contributed by atoms with E-state index in [1.807, 2.05) is 35.2 Å². The summed E-state index contributed by atoms with van der Waals surface area (Å²) in [6, 6.07) is 18.6. The molecule has 0 bridgehead atoms. The van der Waals surface area contributed by atoms with Gasteiger partial charge in [-0.25, -0.2) is 0 Å². The molecule has 1 atom stereocenters. The molecule has 190 valence electrons. The molecule has 2 N–H and O–H groups in total. The smallest absolute Gasteiger partial charge is 0.260 e. The zero-order valence-corrected chi connectivity index (χ0v) is 21.6. The Morgan fingerprint density at radius 3 is 2.49 bits per heavy atom. The lowest BCUT2D eigenvalue weighted by Gasteiger charge is -2.31. The fourth-order valence-electron chi connectivity index (χ4n) is 4.83. The summed E-state index contributed by atoms with van der Waals surface area (Å²) in [7, 11) is 0. The van der Waals surface area contributed by atoms with E-state index >= 15 is 0 Å². The number of fused-ring (bicyclic) bond motifs is 1. The van der Waals surface area contributed by atoms with Gasteiger partial charge >= 0.3 is 0 Å². The largest absolute Gasteiger partial charge is 0.337 e. The summed E-state index contributed by atoms with van der Waals surface area (Å²) in [5.41, 5.74) is 2.42. The van der Waals surface area contributed by atoms with E-state index in [-0.39, 0.29) is 34.7 Å². The van der Waals surface area contributed by atoms with Crippen LogP contribution in [-0.2, 0) is 4.79 Å². The Bertz CT molecular complexity index is 1340. The second-order valence-electron chi connectivity index (χ2n) is 9.11. The highest BCUT2D eigenvalue weighted by molar-refractivity contribution is 6.37. The number of hydrogen-bond acceptors (Lipinski definition) is 4. The Morgan fingerprint density at radius 2 is 1.70 bits per heavy atom. The number of nitrogens with one attached hydrogen (secondary N) is 2. The molecule has 0 aromatic heterocycles. The molecule has 1 fully saturated rings. The van der Waals surface area contributed by atoms with E-state index in [0.717, 1.165) is 25.1 Å². The van der Waals surface area contributed by atoms with Gasteiger partial charge in [0.15, 0.2) is 0 Å². The van der Waals surface area contributed by atoms with E-state index in [1.165, 1.54) is 6.07 Å². The molecule has 0 aliphatic carbocycles. The van der Waals surface area contributed by atoms with Gasteiger partial charge in [-0.3, -0.25) is 19.3 Å². The number of anilines is 2. The monoisotopic (exact) mass is 536 g/mol. The first-order valence-corrected chi connectivity index (χ1v) is 13.0. The van der Waals surface area contributed by atoms with Gasteiger partial charge in [-0.15, -0.1) is 0 Å². The highest BCUT2D eigenvalue weighted by Crippen LogP contribution is 2.40. The molecule has 1 unspecified atom stereocenters. The maximum atomic E-state index is 14.0. The fraction of sp³-hybridized carbons (Fsp3) is 0.250. The Balaban J connectivity index is 1.60. The predicted molar refractivity (Wildman–Crippen MR) is 146 cm³/mol. The van der Waals surface area contributed by atoms with Gasteiger partial charge in [0.1, 0.15) is 0 Å². The molecule has 3 aromatic rings. The van der Waals surface area contributed by atoms with Crippen molar-refractivity contribution in [1.82, 2.24) is 10.2 Å². The van der Waals surface area contributed by atoms with Crippen LogP contribution in [-0.4, -0.2) is 48.8 Å². The van der Waals surface area contributed by atoms with Crippen molar-refractivity contribution >= 4 is 52.3 Å². The molecular weight excluding hydrogens is 511 g/mol. The third kappa shape index (κ3) is 5.34. The van der Waals surface area contributed by atoms with Crippen molar-refractivity contribution in [3.05, 3.63) is 93.5 Å². The Morgan fingerprint density at radius 1 is 0.892 bits per heavy atom. The van der Waals surface area contributed by atoms with Gasteiger partial charge in [0.2, 0.25) is 5.91 Å². The average molecular weight is 537 g/mol. The molecule has 3 amide bonds. The molecule has 2 aliphatic rings. The minimum absolute atomic E-state index is 0.0384. The first-order valence-electron chi connectivity index (χ1n) is 12.2. The van der Waals surface area contributed by atoms with E-state index in [2.05, 4.69) is 10.6 Å². The fourth-order valence-corrected chi connectivity index (χ4v) is 5.32. The van der Waals surface area contributed by atoms with Crippen LogP contribution in [0.25, 0.3) is 0 Å². The van der Waals surface area contributed by atoms with Crippen LogP contribution in [0.15, 0.2) is 66.7 Å². The van der Waals surface area contributed by atoms with Crippen LogP contribution in [0, 0.1) is 0 Å². The summed E-state index contributed by atoms with van der Waals surface area (Å²) in [5.74, 6) is -0.731. The average Bonchev–Trinajstić information content (AvgIpc) is 3.25. The number of carbonyl (C=O) groups is 3. The second kappa shape index (κ2) is 10.9. The first kappa shape index (κ1) is 25.3. The van der Waals surface area contributed by atoms with Gasteiger partial charge in [0.25, 0.3) is 11.8 Å². The molecule has 0 saturated carbocycles. The van der Waals surface area contributed by atoms with Crippen molar-refractivity contribution in [3.8, 4) is 0 Å². The van der Waals surface area contributed by atoms with Gasteiger partial charge in [0.05, 0.1) is 34.4 Å². The highest BCUT2D eigenvalue weighted by Gasteiger charge is 2.35. The summed E-state index contributed by atoms with van der Waals surface area (Å²) in [5, 5.41) is 6.85. The number of carbonyl (C=O) groups excluding carboxylic acids is 3. The van der Waals surface area contributed by atoms with Crippen LogP contribution < -0.4 is 15.5 Å². The number of rotatable bonds is 3. The molecule has 2 aliphatic heterocycles. The van der Waals surface area contributed by atoms with Gasteiger partial charge in [-0.1, -0.05) is 53.5 Å². The van der Waals surface area contributed by atoms with Crippen molar-refractivity contribution in [1.29, 1.82) is 0 Å². The van der Waals surface area contributed by atoms with E-state index < -0.39 is 6.04 Å². The Labute approximate surface area is 225 Å². The Kier molecular flexibility index (Phi) is 7.46. The van der Waals surface area contributed by atoms with Crippen LogP contribution in [0.3, 0.4) is 0 Å². The quantitative estimate of drug-likeness (QED) is 0.484. The van der Waals surface area contributed by atoms with E-state index in [4.69, 9.17) is 23.2 Å². The SMILES string of the molecule is O=C1CC(c2ccccc2)N(C(=O)c2ccc(Cl)cc2Cl)c2ccc(C(=O)N3CCCNCC3)cc2N1. The van der Waals surface area contributed by atoms with Crippen molar-refractivity contribution in [2.45, 2.75) is 18.9 Å². The molecule has 1 saturated heterocycles. The molecule has 7 nitrogen and oxygen atoms in total. The number of nitrogens with zero attached hydrogens (tertiary/aromatic N) is 2. The molecule has 9 heteroatoms. The summed E-state index contributed by atoms with van der Waals surface area (Å²) in [6.45, 7) is 2.87. The maximum absolute atomic E-state index is 14.0. The van der Waals surface area contributed by atoms with E-state index in [9.17, 15) is 14.4 Å². The molecule has 2 heterocycles. The van der Waals surface area contributed by atoms with Crippen molar-refractivity contribution in [3.63, 3.8) is 0 Å². The number of halogens is 2. The summed E-state index contributed by atoms with van der Waals surface area (Å²) < 4.78 is 0. The van der Waals surface area contributed by atoms with Crippen LogP contribution >= 0.6 is 23.2 Å². The maximum Gasteiger partial charge on any atom is 0.260 e. The third-order valence-corrected chi connectivity index (χ3v) is 7.21. The number of hydrogen-bond donors (Lipinski definition) is 2. The van der Waals surface area contributed by atoms with Gasteiger partial charge in [-0.05, 0) is 54.9 Å². The zero-order valence-electron chi connectivity index (χ0n) is 20.0. The molecule has 3 aromatic carbocycles.